The van der Waals surface area contributed by atoms with Crippen LogP contribution < -0.4 is 16.1 Å². The third kappa shape index (κ3) is 2.70. The van der Waals surface area contributed by atoms with Crippen LogP contribution >= 0.6 is 0 Å². The lowest BCUT2D eigenvalue weighted by molar-refractivity contribution is -0.137. The Bertz CT molecular complexity index is 1220. The number of fused-ring (bicyclic) bond motifs is 3. The van der Waals surface area contributed by atoms with Crippen LogP contribution in [0, 0.1) is 12.8 Å². The minimum atomic E-state index is -1.24. The van der Waals surface area contributed by atoms with Crippen molar-refractivity contribution >= 4 is 28.8 Å². The first-order valence-electron chi connectivity index (χ1n) is 9.04. The molecule has 4 rings (SSSR count). The average molecular weight is 383 g/mol. The molecule has 9 nitrogen and oxygen atoms in total. The van der Waals surface area contributed by atoms with Crippen LogP contribution in [0.25, 0.3) is 11.2 Å². The highest BCUT2D eigenvalue weighted by Gasteiger charge is 2.30. The summed E-state index contributed by atoms with van der Waals surface area (Å²) in [5, 5.41) is 9.09. The molecule has 1 aliphatic rings. The maximum Gasteiger partial charge on any atom is 0.333 e. The van der Waals surface area contributed by atoms with E-state index in [1.54, 1.807) is 4.57 Å². The first-order chi connectivity index (χ1) is 13.3. The summed E-state index contributed by atoms with van der Waals surface area (Å²) >= 11 is 0. The summed E-state index contributed by atoms with van der Waals surface area (Å²) in [7, 11) is 1.50. The van der Waals surface area contributed by atoms with Gasteiger partial charge in [-0.3, -0.25) is 14.2 Å². The molecule has 0 bridgehead atoms. The number of aryl methyl sites for hydroxylation is 2. The maximum atomic E-state index is 13.0. The van der Waals surface area contributed by atoms with Crippen molar-refractivity contribution in [3.05, 3.63) is 50.7 Å². The molecule has 0 saturated heterocycles. The zero-order valence-corrected chi connectivity index (χ0v) is 15.9. The van der Waals surface area contributed by atoms with Gasteiger partial charge in [0.15, 0.2) is 11.2 Å². The molecule has 1 aliphatic heterocycles. The van der Waals surface area contributed by atoms with E-state index in [2.05, 4.69) is 11.9 Å². The molecule has 2 aromatic heterocycles. The summed E-state index contributed by atoms with van der Waals surface area (Å²) in [4.78, 5) is 43.3. The third-order valence-electron chi connectivity index (χ3n) is 5.05. The number of carboxylic acid groups (broad SMARTS) is 1. The summed E-state index contributed by atoms with van der Waals surface area (Å²) < 4.78 is 3.78. The van der Waals surface area contributed by atoms with E-state index in [9.17, 15) is 14.4 Å². The number of imidazole rings is 1. The molecule has 0 fully saturated rings. The molecule has 0 amide bonds. The van der Waals surface area contributed by atoms with E-state index in [0.29, 0.717) is 12.5 Å². The summed E-state index contributed by atoms with van der Waals surface area (Å²) in [6, 6.07) is 8.00. The lowest BCUT2D eigenvalue weighted by Crippen LogP contribution is -2.41. The van der Waals surface area contributed by atoms with E-state index in [1.807, 2.05) is 36.1 Å². The molecule has 0 radical (unpaired) electrons. The molecule has 0 aliphatic carbocycles. The lowest BCUT2D eigenvalue weighted by atomic mass is 10.1. The van der Waals surface area contributed by atoms with Crippen LogP contribution in [0.1, 0.15) is 12.5 Å². The number of carboxylic acids is 1. The Hall–Kier alpha value is -3.36. The second kappa shape index (κ2) is 6.36. The SMILES string of the molecule is Cc1cccc(N2C[C@@H](C)Cn3c2nc2c3c(=O)n(CC(=O)O)c(=O)n2C)c1. The van der Waals surface area contributed by atoms with Crippen LogP contribution in [0.2, 0.25) is 0 Å². The highest BCUT2D eigenvalue weighted by molar-refractivity contribution is 5.77. The second-order valence-electron chi connectivity index (χ2n) is 7.38. The van der Waals surface area contributed by atoms with E-state index >= 15 is 0 Å². The Morgan fingerprint density at radius 2 is 2.04 bits per heavy atom. The van der Waals surface area contributed by atoms with Crippen LogP contribution in [0.4, 0.5) is 11.6 Å². The van der Waals surface area contributed by atoms with Gasteiger partial charge in [0, 0.05) is 25.8 Å². The highest BCUT2D eigenvalue weighted by atomic mass is 16.4. The van der Waals surface area contributed by atoms with Crippen molar-refractivity contribution in [1.29, 1.82) is 0 Å². The van der Waals surface area contributed by atoms with E-state index in [0.717, 1.165) is 22.4 Å². The van der Waals surface area contributed by atoms with Crippen molar-refractivity contribution in [2.75, 3.05) is 11.4 Å². The Labute approximate surface area is 160 Å². The number of benzene rings is 1. The van der Waals surface area contributed by atoms with E-state index in [-0.39, 0.29) is 17.1 Å². The van der Waals surface area contributed by atoms with Gasteiger partial charge in [-0.1, -0.05) is 19.1 Å². The van der Waals surface area contributed by atoms with Gasteiger partial charge in [0.25, 0.3) is 5.56 Å². The van der Waals surface area contributed by atoms with E-state index in [4.69, 9.17) is 5.11 Å². The Morgan fingerprint density at radius 1 is 1.29 bits per heavy atom. The second-order valence-corrected chi connectivity index (χ2v) is 7.38. The monoisotopic (exact) mass is 383 g/mol. The fraction of sp³-hybridized carbons (Fsp3) is 0.368. The topological polar surface area (TPSA) is 102 Å². The van der Waals surface area contributed by atoms with Crippen molar-refractivity contribution in [1.82, 2.24) is 18.7 Å². The number of aliphatic carboxylic acids is 1. The van der Waals surface area contributed by atoms with Crippen LogP contribution in [-0.4, -0.2) is 36.3 Å². The summed E-state index contributed by atoms with van der Waals surface area (Å²) in [6.45, 7) is 4.70. The van der Waals surface area contributed by atoms with E-state index < -0.39 is 23.8 Å². The van der Waals surface area contributed by atoms with Gasteiger partial charge in [0.05, 0.1) is 0 Å². The predicted octanol–water partition coefficient (Wildman–Crippen LogP) is 1.08. The smallest absolute Gasteiger partial charge is 0.333 e. The van der Waals surface area contributed by atoms with Gasteiger partial charge in [-0.2, -0.15) is 4.98 Å². The number of carbonyl (C=O) groups is 1. The van der Waals surface area contributed by atoms with Gasteiger partial charge in [-0.05, 0) is 30.5 Å². The standard InChI is InChI=1S/C19H21N5O4/c1-11-5-4-6-13(7-11)22-8-12(2)9-23-15-16(20-18(22)23)21(3)19(28)24(17(15)27)10-14(25)26/h4-7,12H,8-10H2,1-3H3,(H,25,26)/t12-/m1/s1. The summed E-state index contributed by atoms with van der Waals surface area (Å²) in [5.74, 6) is -0.430. The van der Waals surface area contributed by atoms with Crippen molar-refractivity contribution in [2.24, 2.45) is 13.0 Å². The van der Waals surface area contributed by atoms with Gasteiger partial charge in [-0.15, -0.1) is 0 Å². The van der Waals surface area contributed by atoms with Crippen LogP contribution in [0.15, 0.2) is 33.9 Å². The van der Waals surface area contributed by atoms with Gasteiger partial charge < -0.3 is 14.6 Å². The molecular formula is C19H21N5O4. The van der Waals surface area contributed by atoms with Crippen LogP contribution in [0.3, 0.4) is 0 Å². The fourth-order valence-corrected chi connectivity index (χ4v) is 3.79. The molecule has 9 heteroatoms. The predicted molar refractivity (Wildman–Crippen MR) is 104 cm³/mol. The molecule has 28 heavy (non-hydrogen) atoms. The van der Waals surface area contributed by atoms with Gasteiger partial charge in [-0.25, -0.2) is 9.36 Å². The summed E-state index contributed by atoms with van der Waals surface area (Å²) in [6.07, 6.45) is 0. The van der Waals surface area contributed by atoms with Gasteiger partial charge in [0.2, 0.25) is 5.95 Å². The van der Waals surface area contributed by atoms with Crippen molar-refractivity contribution in [2.45, 2.75) is 26.9 Å². The third-order valence-corrected chi connectivity index (χ3v) is 5.05. The molecular weight excluding hydrogens is 362 g/mol. The molecule has 1 N–H and O–H groups in total. The van der Waals surface area contributed by atoms with Crippen LogP contribution in [-0.2, 0) is 24.9 Å². The lowest BCUT2D eigenvalue weighted by Gasteiger charge is -2.33. The van der Waals surface area contributed by atoms with Gasteiger partial charge in [0.1, 0.15) is 6.54 Å². The molecule has 1 atom stereocenters. The molecule has 1 aromatic carbocycles. The highest BCUT2D eigenvalue weighted by Crippen LogP contribution is 2.33. The van der Waals surface area contributed by atoms with Gasteiger partial charge >= 0.3 is 11.7 Å². The number of aromatic nitrogens is 4. The largest absolute Gasteiger partial charge is 0.480 e. The zero-order chi connectivity index (χ0) is 20.2. The molecule has 3 heterocycles. The van der Waals surface area contributed by atoms with E-state index in [1.165, 1.54) is 11.6 Å². The summed E-state index contributed by atoms with van der Waals surface area (Å²) in [5.41, 5.74) is 1.26. The zero-order valence-electron chi connectivity index (χ0n) is 15.9. The fourth-order valence-electron chi connectivity index (χ4n) is 3.79. The van der Waals surface area contributed by atoms with Crippen LogP contribution in [0.5, 0.6) is 0 Å². The number of hydrogen-bond donors (Lipinski definition) is 1. The minimum absolute atomic E-state index is 0.231. The molecule has 3 aromatic rings. The number of anilines is 2. The quantitative estimate of drug-likeness (QED) is 0.726. The number of rotatable bonds is 3. The van der Waals surface area contributed by atoms with Crippen molar-refractivity contribution < 1.29 is 9.90 Å². The number of nitrogens with zero attached hydrogens (tertiary/aromatic N) is 5. The first kappa shape index (κ1) is 18.0. The number of hydrogen-bond acceptors (Lipinski definition) is 5. The first-order valence-corrected chi connectivity index (χ1v) is 9.04. The Kier molecular flexibility index (Phi) is 4.10. The minimum Gasteiger partial charge on any atom is -0.480 e. The maximum absolute atomic E-state index is 13.0. The Balaban J connectivity index is 2.02. The normalized spacial score (nSPS) is 16.4. The molecule has 0 spiro atoms. The molecule has 146 valence electrons. The van der Waals surface area contributed by atoms with Crippen molar-refractivity contribution in [3.8, 4) is 0 Å². The average Bonchev–Trinajstić information content (AvgIpc) is 3.02. The molecule has 0 unspecified atom stereocenters. The molecule has 0 saturated carbocycles. The Morgan fingerprint density at radius 3 is 2.71 bits per heavy atom. The van der Waals surface area contributed by atoms with Crippen molar-refractivity contribution in [3.63, 3.8) is 0 Å².